The fourth-order valence-corrected chi connectivity index (χ4v) is 2.07. The molecule has 0 saturated heterocycles. The van der Waals surface area contributed by atoms with Gasteiger partial charge in [0.1, 0.15) is 5.75 Å². The lowest BCUT2D eigenvalue weighted by Gasteiger charge is -2.08. The van der Waals surface area contributed by atoms with Gasteiger partial charge in [-0.15, -0.1) is 0 Å². The zero-order chi connectivity index (χ0) is 12.8. The van der Waals surface area contributed by atoms with Gasteiger partial charge in [-0.25, -0.2) is 0 Å². The van der Waals surface area contributed by atoms with Crippen molar-refractivity contribution in [3.05, 3.63) is 30.1 Å². The van der Waals surface area contributed by atoms with E-state index in [2.05, 4.69) is 11.9 Å². The number of nitrogens with zero attached hydrogens (tertiary/aromatic N) is 1. The van der Waals surface area contributed by atoms with Crippen molar-refractivity contribution in [2.75, 3.05) is 6.61 Å². The van der Waals surface area contributed by atoms with Crippen LogP contribution in [0, 0.1) is 0 Å². The summed E-state index contributed by atoms with van der Waals surface area (Å²) >= 11 is 0. The molecule has 1 aliphatic carbocycles. The van der Waals surface area contributed by atoms with Gasteiger partial charge in [0.05, 0.1) is 12.8 Å². The molecule has 0 radical (unpaired) electrons. The normalized spacial score (nSPS) is 16.1. The smallest absolute Gasteiger partial charge is 0.155 e. The van der Waals surface area contributed by atoms with Crippen LogP contribution in [-0.2, 0) is 4.79 Å². The Labute approximate surface area is 108 Å². The summed E-state index contributed by atoms with van der Waals surface area (Å²) in [6.45, 7) is 2.77. The van der Waals surface area contributed by atoms with Crippen LogP contribution in [0.4, 0.5) is 0 Å². The van der Waals surface area contributed by atoms with Gasteiger partial charge in [-0.1, -0.05) is 6.92 Å². The minimum atomic E-state index is 0.224. The highest BCUT2D eigenvalue weighted by atomic mass is 16.5. The average Bonchev–Trinajstić information content (AvgIpc) is 2.61. The Morgan fingerprint density at radius 2 is 2.11 bits per heavy atom. The summed E-state index contributed by atoms with van der Waals surface area (Å²) < 4.78 is 5.57. The zero-order valence-corrected chi connectivity index (χ0v) is 10.8. The van der Waals surface area contributed by atoms with Gasteiger partial charge in [0.25, 0.3) is 0 Å². The van der Waals surface area contributed by atoms with Gasteiger partial charge in [0.15, 0.2) is 5.78 Å². The van der Waals surface area contributed by atoms with Crippen LogP contribution in [0.25, 0.3) is 5.57 Å². The van der Waals surface area contributed by atoms with Crippen molar-refractivity contribution in [1.29, 1.82) is 0 Å². The Hall–Kier alpha value is -1.64. The lowest BCUT2D eigenvalue weighted by Crippen LogP contribution is -1.97. The molecule has 96 valence electrons. The summed E-state index contributed by atoms with van der Waals surface area (Å²) in [5.41, 5.74) is 2.10. The second-order valence-electron chi connectivity index (χ2n) is 4.60. The van der Waals surface area contributed by atoms with Gasteiger partial charge in [0.2, 0.25) is 0 Å². The van der Waals surface area contributed by atoms with Crippen molar-refractivity contribution < 1.29 is 9.53 Å². The molecule has 0 atom stereocenters. The van der Waals surface area contributed by atoms with E-state index in [1.807, 2.05) is 12.3 Å². The van der Waals surface area contributed by atoms with Crippen LogP contribution >= 0.6 is 0 Å². The SMILES string of the molecule is CCCOc1cncc(C2=CC(=O)CCCC2)c1. The third-order valence-corrected chi connectivity index (χ3v) is 3.01. The highest BCUT2D eigenvalue weighted by molar-refractivity contribution is 5.97. The third kappa shape index (κ3) is 3.42. The molecule has 0 fully saturated rings. The van der Waals surface area contributed by atoms with Gasteiger partial charge < -0.3 is 4.74 Å². The first-order valence-electron chi connectivity index (χ1n) is 6.61. The standard InChI is InChI=1S/C15H19NO2/c1-2-7-18-15-9-13(10-16-11-15)12-5-3-4-6-14(17)8-12/h8-11H,2-7H2,1H3. The first-order valence-corrected chi connectivity index (χ1v) is 6.61. The van der Waals surface area contributed by atoms with E-state index in [9.17, 15) is 4.79 Å². The van der Waals surface area contributed by atoms with Crippen LogP contribution in [0.3, 0.4) is 0 Å². The molecule has 1 aromatic heterocycles. The number of pyridine rings is 1. The first-order chi connectivity index (χ1) is 8.79. The molecule has 0 unspecified atom stereocenters. The number of allylic oxidation sites excluding steroid dienone is 2. The van der Waals surface area contributed by atoms with Crippen LogP contribution in [-0.4, -0.2) is 17.4 Å². The van der Waals surface area contributed by atoms with Gasteiger partial charge >= 0.3 is 0 Å². The highest BCUT2D eigenvalue weighted by Gasteiger charge is 2.11. The van der Waals surface area contributed by atoms with E-state index in [0.717, 1.165) is 42.6 Å². The Morgan fingerprint density at radius 1 is 1.28 bits per heavy atom. The first kappa shape index (κ1) is 12.8. The van der Waals surface area contributed by atoms with Crippen LogP contribution in [0.2, 0.25) is 0 Å². The molecule has 0 aromatic carbocycles. The number of aromatic nitrogens is 1. The molecule has 18 heavy (non-hydrogen) atoms. The van der Waals surface area contributed by atoms with Gasteiger partial charge in [-0.05, 0) is 49.0 Å². The number of hydrogen-bond donors (Lipinski definition) is 0. The van der Waals surface area contributed by atoms with Crippen LogP contribution in [0.1, 0.15) is 44.6 Å². The molecule has 1 heterocycles. The van der Waals surface area contributed by atoms with Crippen molar-refractivity contribution in [3.8, 4) is 5.75 Å². The average molecular weight is 245 g/mol. The fraction of sp³-hybridized carbons (Fsp3) is 0.467. The minimum absolute atomic E-state index is 0.224. The minimum Gasteiger partial charge on any atom is -0.492 e. The Balaban J connectivity index is 2.18. The molecule has 0 aliphatic heterocycles. The van der Waals surface area contributed by atoms with E-state index in [1.54, 1.807) is 12.3 Å². The van der Waals surface area contributed by atoms with Crippen molar-refractivity contribution in [2.24, 2.45) is 0 Å². The summed E-state index contributed by atoms with van der Waals surface area (Å²) in [4.78, 5) is 15.8. The predicted molar refractivity (Wildman–Crippen MR) is 71.5 cm³/mol. The molecule has 0 amide bonds. The maximum absolute atomic E-state index is 11.6. The summed E-state index contributed by atoms with van der Waals surface area (Å²) in [6, 6.07) is 1.98. The van der Waals surface area contributed by atoms with Crippen LogP contribution in [0.15, 0.2) is 24.5 Å². The maximum Gasteiger partial charge on any atom is 0.155 e. The molecule has 2 rings (SSSR count). The van der Waals surface area contributed by atoms with Crippen molar-refractivity contribution in [3.63, 3.8) is 0 Å². The fourth-order valence-electron chi connectivity index (χ4n) is 2.07. The van der Waals surface area contributed by atoms with E-state index in [4.69, 9.17) is 4.74 Å². The summed E-state index contributed by atoms with van der Waals surface area (Å²) in [5, 5.41) is 0. The Morgan fingerprint density at radius 3 is 2.94 bits per heavy atom. The molecule has 0 saturated carbocycles. The van der Waals surface area contributed by atoms with Gasteiger partial charge in [-0.2, -0.15) is 0 Å². The molecule has 3 heteroatoms. The Bertz CT molecular complexity index is 452. The second kappa shape index (κ2) is 6.34. The lowest BCUT2D eigenvalue weighted by atomic mass is 10.0. The van der Waals surface area contributed by atoms with Crippen LogP contribution in [0.5, 0.6) is 5.75 Å². The largest absolute Gasteiger partial charge is 0.492 e. The molecule has 0 spiro atoms. The van der Waals surface area contributed by atoms with Crippen LogP contribution < -0.4 is 4.74 Å². The predicted octanol–water partition coefficient (Wildman–Crippen LogP) is 3.40. The maximum atomic E-state index is 11.6. The van der Waals surface area contributed by atoms with Crippen molar-refractivity contribution >= 4 is 11.4 Å². The van der Waals surface area contributed by atoms with Crippen molar-refractivity contribution in [2.45, 2.75) is 39.0 Å². The molecular formula is C15H19NO2. The number of ketones is 1. The lowest BCUT2D eigenvalue weighted by molar-refractivity contribution is -0.114. The summed E-state index contributed by atoms with van der Waals surface area (Å²) in [5.74, 6) is 1.01. The van der Waals surface area contributed by atoms with E-state index < -0.39 is 0 Å². The van der Waals surface area contributed by atoms with Gasteiger partial charge in [0, 0.05) is 12.6 Å². The highest BCUT2D eigenvalue weighted by Crippen LogP contribution is 2.26. The van der Waals surface area contributed by atoms with E-state index >= 15 is 0 Å². The zero-order valence-electron chi connectivity index (χ0n) is 10.8. The monoisotopic (exact) mass is 245 g/mol. The van der Waals surface area contributed by atoms with E-state index in [1.165, 1.54) is 0 Å². The summed E-state index contributed by atoms with van der Waals surface area (Å²) in [7, 11) is 0. The van der Waals surface area contributed by atoms with Gasteiger partial charge in [-0.3, -0.25) is 9.78 Å². The molecule has 0 N–H and O–H groups in total. The molecule has 1 aromatic rings. The number of carbonyl (C=O) groups excluding carboxylic acids is 1. The number of hydrogen-bond acceptors (Lipinski definition) is 3. The number of ether oxygens (including phenoxy) is 1. The van der Waals surface area contributed by atoms with E-state index in [-0.39, 0.29) is 5.78 Å². The molecule has 0 bridgehead atoms. The number of carbonyl (C=O) groups is 1. The quantitative estimate of drug-likeness (QED) is 0.816. The Kier molecular flexibility index (Phi) is 4.51. The molecular weight excluding hydrogens is 226 g/mol. The topological polar surface area (TPSA) is 39.2 Å². The van der Waals surface area contributed by atoms with Crippen molar-refractivity contribution in [1.82, 2.24) is 4.98 Å². The third-order valence-electron chi connectivity index (χ3n) is 3.01. The second-order valence-corrected chi connectivity index (χ2v) is 4.60. The molecule has 1 aliphatic rings. The summed E-state index contributed by atoms with van der Waals surface area (Å²) in [6.07, 6.45) is 9.95. The number of rotatable bonds is 4. The van der Waals surface area contributed by atoms with E-state index in [0.29, 0.717) is 13.0 Å². The molecule has 3 nitrogen and oxygen atoms in total.